The number of aromatic nitrogens is 2. The number of anilines is 1. The van der Waals surface area contributed by atoms with E-state index in [4.69, 9.17) is 5.73 Å². The maximum atomic E-state index is 12.0. The lowest BCUT2D eigenvalue weighted by Gasteiger charge is -2.09. The van der Waals surface area contributed by atoms with Crippen LogP contribution in [0.3, 0.4) is 0 Å². The van der Waals surface area contributed by atoms with E-state index in [9.17, 15) is 13.2 Å². The molecule has 0 fully saturated rings. The van der Waals surface area contributed by atoms with Gasteiger partial charge in [0.1, 0.15) is 23.1 Å². The molecule has 0 amide bonds. The Kier molecular flexibility index (Phi) is 3.13. The van der Waals surface area contributed by atoms with Gasteiger partial charge in [-0.05, 0) is 31.2 Å². The predicted molar refractivity (Wildman–Crippen MR) is 64.5 cm³/mol. The Morgan fingerprint density at radius 3 is 2.21 bits per heavy atom. The van der Waals surface area contributed by atoms with Crippen molar-refractivity contribution >= 4 is 5.82 Å². The van der Waals surface area contributed by atoms with Crippen LogP contribution in [0.25, 0.3) is 11.3 Å². The van der Waals surface area contributed by atoms with Crippen LogP contribution in [0, 0.1) is 6.92 Å². The Morgan fingerprint density at radius 1 is 1.21 bits per heavy atom. The number of hydrogen-bond acceptors (Lipinski definition) is 3. The van der Waals surface area contributed by atoms with Gasteiger partial charge in [-0.3, -0.25) is 0 Å². The van der Waals surface area contributed by atoms with Crippen molar-refractivity contribution in [2.75, 3.05) is 5.73 Å². The molecule has 0 bridgehead atoms. The summed E-state index contributed by atoms with van der Waals surface area (Å²) < 4.78 is 41.6. The number of rotatable bonds is 2. The molecular formula is C12H12F3N3O. The molecule has 0 saturated carbocycles. The van der Waals surface area contributed by atoms with Crippen LogP contribution in [-0.2, 0) is 7.05 Å². The van der Waals surface area contributed by atoms with Crippen LogP contribution in [0.4, 0.5) is 19.0 Å². The van der Waals surface area contributed by atoms with Crippen LogP contribution >= 0.6 is 0 Å². The third kappa shape index (κ3) is 2.81. The van der Waals surface area contributed by atoms with Crippen molar-refractivity contribution in [2.45, 2.75) is 13.3 Å². The third-order valence-electron chi connectivity index (χ3n) is 2.72. The molecule has 1 aromatic carbocycles. The highest BCUT2D eigenvalue weighted by Crippen LogP contribution is 2.29. The van der Waals surface area contributed by atoms with Gasteiger partial charge < -0.3 is 15.0 Å². The number of aryl methyl sites for hydroxylation is 1. The highest BCUT2D eigenvalue weighted by atomic mass is 19.4. The van der Waals surface area contributed by atoms with Gasteiger partial charge in [-0.1, -0.05) is 0 Å². The van der Waals surface area contributed by atoms with Gasteiger partial charge in [0.2, 0.25) is 0 Å². The van der Waals surface area contributed by atoms with E-state index in [0.29, 0.717) is 17.1 Å². The van der Waals surface area contributed by atoms with Crippen molar-refractivity contribution in [3.63, 3.8) is 0 Å². The smallest absolute Gasteiger partial charge is 0.406 e. The minimum atomic E-state index is -4.69. The van der Waals surface area contributed by atoms with Crippen LogP contribution in [0.2, 0.25) is 0 Å². The van der Waals surface area contributed by atoms with E-state index in [1.54, 1.807) is 18.5 Å². The molecule has 2 aromatic rings. The second kappa shape index (κ2) is 4.49. The topological polar surface area (TPSA) is 53.1 Å². The summed E-state index contributed by atoms with van der Waals surface area (Å²) in [5.41, 5.74) is 7.04. The molecule has 2 rings (SSSR count). The molecule has 0 aliphatic heterocycles. The van der Waals surface area contributed by atoms with Crippen molar-refractivity contribution in [2.24, 2.45) is 7.05 Å². The first kappa shape index (κ1) is 13.3. The van der Waals surface area contributed by atoms with E-state index in [0.717, 1.165) is 5.82 Å². The highest BCUT2D eigenvalue weighted by molar-refractivity contribution is 5.71. The summed E-state index contributed by atoms with van der Waals surface area (Å²) in [5, 5.41) is 0. The van der Waals surface area contributed by atoms with Crippen LogP contribution in [0.5, 0.6) is 5.75 Å². The number of nitrogen functional groups attached to an aromatic ring is 1. The van der Waals surface area contributed by atoms with E-state index in [1.165, 1.54) is 24.3 Å². The zero-order valence-corrected chi connectivity index (χ0v) is 10.3. The first-order chi connectivity index (χ1) is 8.78. The molecule has 0 atom stereocenters. The Bertz CT molecular complexity index is 588. The monoisotopic (exact) mass is 271 g/mol. The number of hydrogen-bond donors (Lipinski definition) is 1. The van der Waals surface area contributed by atoms with Gasteiger partial charge in [0.15, 0.2) is 0 Å². The van der Waals surface area contributed by atoms with Crippen LogP contribution in [-0.4, -0.2) is 15.9 Å². The SMILES string of the molecule is Cc1nc(-c2ccc(OC(F)(F)F)cc2)c(N)n1C. The fourth-order valence-electron chi connectivity index (χ4n) is 1.65. The Hall–Kier alpha value is -2.18. The molecule has 1 aromatic heterocycles. The van der Waals surface area contributed by atoms with Gasteiger partial charge in [-0.25, -0.2) is 4.98 Å². The van der Waals surface area contributed by atoms with Crippen molar-refractivity contribution < 1.29 is 17.9 Å². The molecule has 0 unspecified atom stereocenters. The second-order valence-electron chi connectivity index (χ2n) is 4.02. The maximum absolute atomic E-state index is 12.0. The third-order valence-corrected chi connectivity index (χ3v) is 2.72. The number of nitrogens with zero attached hydrogens (tertiary/aromatic N) is 2. The largest absolute Gasteiger partial charge is 0.573 e. The molecular weight excluding hydrogens is 259 g/mol. The van der Waals surface area contributed by atoms with Gasteiger partial charge in [0.25, 0.3) is 0 Å². The summed E-state index contributed by atoms with van der Waals surface area (Å²) >= 11 is 0. The zero-order valence-electron chi connectivity index (χ0n) is 10.3. The molecule has 0 aliphatic carbocycles. The fraction of sp³-hybridized carbons (Fsp3) is 0.250. The number of alkyl halides is 3. The molecule has 0 radical (unpaired) electrons. The molecule has 19 heavy (non-hydrogen) atoms. The Balaban J connectivity index is 2.30. The highest BCUT2D eigenvalue weighted by Gasteiger charge is 2.31. The lowest BCUT2D eigenvalue weighted by atomic mass is 10.1. The van der Waals surface area contributed by atoms with Gasteiger partial charge in [0.05, 0.1) is 0 Å². The molecule has 102 valence electrons. The average molecular weight is 271 g/mol. The minimum absolute atomic E-state index is 0.275. The maximum Gasteiger partial charge on any atom is 0.573 e. The van der Waals surface area contributed by atoms with Gasteiger partial charge in [-0.15, -0.1) is 13.2 Å². The van der Waals surface area contributed by atoms with Crippen LogP contribution in [0.15, 0.2) is 24.3 Å². The van der Waals surface area contributed by atoms with Gasteiger partial charge >= 0.3 is 6.36 Å². The summed E-state index contributed by atoms with van der Waals surface area (Å²) in [5.74, 6) is 0.910. The number of imidazole rings is 1. The predicted octanol–water partition coefficient (Wildman–Crippen LogP) is 2.88. The molecule has 1 heterocycles. The number of nitrogens with two attached hydrogens (primary N) is 1. The number of benzene rings is 1. The average Bonchev–Trinajstić information content (AvgIpc) is 2.56. The standard InChI is InChI=1S/C12H12F3N3O/c1-7-17-10(11(16)18(7)2)8-3-5-9(6-4-8)19-12(13,14)15/h3-6H,16H2,1-2H3. The summed E-state index contributed by atoms with van der Waals surface area (Å²) in [7, 11) is 1.77. The quantitative estimate of drug-likeness (QED) is 0.913. The normalized spacial score (nSPS) is 11.6. The van der Waals surface area contributed by atoms with E-state index < -0.39 is 6.36 Å². The van der Waals surface area contributed by atoms with E-state index in [1.807, 2.05) is 0 Å². The molecule has 0 aliphatic rings. The second-order valence-corrected chi connectivity index (χ2v) is 4.02. The van der Waals surface area contributed by atoms with Crippen molar-refractivity contribution in [3.8, 4) is 17.0 Å². The summed E-state index contributed by atoms with van der Waals surface area (Å²) in [6.07, 6.45) is -4.69. The number of ether oxygens (including phenoxy) is 1. The van der Waals surface area contributed by atoms with Crippen molar-refractivity contribution in [1.29, 1.82) is 0 Å². The lowest BCUT2D eigenvalue weighted by Crippen LogP contribution is -2.16. The summed E-state index contributed by atoms with van der Waals surface area (Å²) in [6.45, 7) is 1.79. The van der Waals surface area contributed by atoms with Gasteiger partial charge in [-0.2, -0.15) is 0 Å². The first-order valence-electron chi connectivity index (χ1n) is 5.43. The van der Waals surface area contributed by atoms with Crippen molar-refractivity contribution in [3.05, 3.63) is 30.1 Å². The van der Waals surface area contributed by atoms with Crippen LogP contribution in [0.1, 0.15) is 5.82 Å². The zero-order chi connectivity index (χ0) is 14.2. The Morgan fingerprint density at radius 2 is 1.79 bits per heavy atom. The molecule has 2 N–H and O–H groups in total. The van der Waals surface area contributed by atoms with Gasteiger partial charge in [0, 0.05) is 12.6 Å². The molecule has 4 nitrogen and oxygen atoms in total. The number of halogens is 3. The van der Waals surface area contributed by atoms with E-state index >= 15 is 0 Å². The van der Waals surface area contributed by atoms with E-state index in [-0.39, 0.29) is 5.75 Å². The van der Waals surface area contributed by atoms with E-state index in [2.05, 4.69) is 9.72 Å². The lowest BCUT2D eigenvalue weighted by molar-refractivity contribution is -0.274. The fourth-order valence-corrected chi connectivity index (χ4v) is 1.65. The summed E-state index contributed by atoms with van der Waals surface area (Å²) in [6, 6.07) is 5.43. The van der Waals surface area contributed by atoms with Crippen molar-refractivity contribution in [1.82, 2.24) is 9.55 Å². The Labute approximate surface area is 107 Å². The molecule has 7 heteroatoms. The first-order valence-corrected chi connectivity index (χ1v) is 5.43. The molecule has 0 saturated heterocycles. The molecule has 0 spiro atoms. The minimum Gasteiger partial charge on any atom is -0.406 e. The summed E-state index contributed by atoms with van der Waals surface area (Å²) in [4.78, 5) is 4.26. The van der Waals surface area contributed by atoms with Crippen LogP contribution < -0.4 is 10.5 Å².